The van der Waals surface area contributed by atoms with Crippen LogP contribution in [0.25, 0.3) is 0 Å². The first-order chi connectivity index (χ1) is 15.4. The smallest absolute Gasteiger partial charge is 0.261 e. The predicted molar refractivity (Wildman–Crippen MR) is 122 cm³/mol. The quantitative estimate of drug-likeness (QED) is 0.682. The number of amides is 1. The van der Waals surface area contributed by atoms with Gasteiger partial charge in [0.05, 0.1) is 18.1 Å². The molecule has 2 aromatic rings. The molecule has 172 valence electrons. The molecule has 0 aromatic heterocycles. The molecule has 1 N–H and O–H groups in total. The SMILES string of the molecule is CCCCc1ccc(NS(=O)(=O)c2cccc(C(=O)N3CCC4(CC3)OCCO4)c2)cc1. The van der Waals surface area contributed by atoms with E-state index in [0.29, 0.717) is 50.4 Å². The van der Waals surface area contributed by atoms with E-state index in [4.69, 9.17) is 9.47 Å². The molecule has 0 atom stereocenters. The van der Waals surface area contributed by atoms with E-state index in [1.165, 1.54) is 17.7 Å². The average Bonchev–Trinajstić information content (AvgIpc) is 3.26. The second-order valence-corrected chi connectivity index (χ2v) is 10.0. The highest BCUT2D eigenvalue weighted by Crippen LogP contribution is 2.32. The predicted octanol–water partition coefficient (Wildman–Crippen LogP) is 3.81. The van der Waals surface area contributed by atoms with Gasteiger partial charge in [-0.15, -0.1) is 0 Å². The molecule has 0 saturated carbocycles. The molecule has 2 aromatic carbocycles. The first kappa shape index (κ1) is 22.8. The van der Waals surface area contributed by atoms with Gasteiger partial charge >= 0.3 is 0 Å². The van der Waals surface area contributed by atoms with Crippen LogP contribution in [0.2, 0.25) is 0 Å². The zero-order valence-corrected chi connectivity index (χ0v) is 19.2. The molecule has 2 aliphatic heterocycles. The van der Waals surface area contributed by atoms with Crippen molar-refractivity contribution in [3.8, 4) is 0 Å². The summed E-state index contributed by atoms with van der Waals surface area (Å²) in [6.45, 7) is 4.34. The average molecular weight is 459 g/mol. The Morgan fingerprint density at radius 3 is 2.41 bits per heavy atom. The van der Waals surface area contributed by atoms with Crippen LogP contribution in [0.3, 0.4) is 0 Å². The number of sulfonamides is 1. The van der Waals surface area contributed by atoms with Crippen LogP contribution in [-0.4, -0.2) is 51.3 Å². The standard InChI is InChI=1S/C24H30N2O5S/c1-2-3-5-19-8-10-21(11-9-19)25-32(28,29)22-7-4-6-20(18-22)23(27)26-14-12-24(13-15-26)30-16-17-31-24/h4,6-11,18,25H,2-3,5,12-17H2,1H3. The number of piperidine rings is 1. The highest BCUT2D eigenvalue weighted by Gasteiger charge is 2.40. The monoisotopic (exact) mass is 458 g/mol. The summed E-state index contributed by atoms with van der Waals surface area (Å²) in [5, 5.41) is 0. The summed E-state index contributed by atoms with van der Waals surface area (Å²) in [5.41, 5.74) is 2.03. The van der Waals surface area contributed by atoms with Crippen LogP contribution in [0, 0.1) is 0 Å². The van der Waals surface area contributed by atoms with Crippen LogP contribution < -0.4 is 4.72 Å². The number of anilines is 1. The van der Waals surface area contributed by atoms with Crippen LogP contribution in [0.4, 0.5) is 5.69 Å². The summed E-state index contributed by atoms with van der Waals surface area (Å²) in [4.78, 5) is 14.8. The maximum absolute atomic E-state index is 13.0. The van der Waals surface area contributed by atoms with Gasteiger partial charge in [0.1, 0.15) is 0 Å². The Hall–Kier alpha value is -2.42. The van der Waals surface area contributed by atoms with Crippen molar-refractivity contribution in [3.63, 3.8) is 0 Å². The highest BCUT2D eigenvalue weighted by molar-refractivity contribution is 7.92. The number of aryl methyl sites for hydroxylation is 1. The lowest BCUT2D eigenvalue weighted by molar-refractivity contribution is -0.181. The van der Waals surface area contributed by atoms with Crippen LogP contribution in [0.15, 0.2) is 53.4 Å². The fraction of sp³-hybridized carbons (Fsp3) is 0.458. The Morgan fingerprint density at radius 1 is 1.06 bits per heavy atom. The van der Waals surface area contributed by atoms with E-state index in [9.17, 15) is 13.2 Å². The molecule has 1 spiro atoms. The number of carbonyl (C=O) groups excluding carboxylic acids is 1. The molecule has 0 bridgehead atoms. The number of ether oxygens (including phenoxy) is 2. The number of hydrogen-bond acceptors (Lipinski definition) is 5. The van der Waals surface area contributed by atoms with E-state index >= 15 is 0 Å². The Kier molecular flexibility index (Phi) is 6.83. The van der Waals surface area contributed by atoms with Gasteiger partial charge in [0, 0.05) is 37.2 Å². The summed E-state index contributed by atoms with van der Waals surface area (Å²) >= 11 is 0. The minimum Gasteiger partial charge on any atom is -0.347 e. The minimum atomic E-state index is -3.81. The van der Waals surface area contributed by atoms with Crippen molar-refractivity contribution in [2.45, 2.75) is 49.7 Å². The summed E-state index contributed by atoms with van der Waals surface area (Å²) in [7, 11) is -3.81. The van der Waals surface area contributed by atoms with E-state index in [2.05, 4.69) is 11.6 Å². The molecule has 8 heteroatoms. The largest absolute Gasteiger partial charge is 0.347 e. The van der Waals surface area contributed by atoms with E-state index in [0.717, 1.165) is 19.3 Å². The molecule has 2 aliphatic rings. The first-order valence-corrected chi connectivity index (χ1v) is 12.7. The summed E-state index contributed by atoms with van der Waals surface area (Å²) < 4.78 is 39.9. The van der Waals surface area contributed by atoms with Crippen molar-refractivity contribution in [1.29, 1.82) is 0 Å². The number of hydrogen-bond donors (Lipinski definition) is 1. The number of benzene rings is 2. The van der Waals surface area contributed by atoms with Gasteiger partial charge in [-0.25, -0.2) is 8.42 Å². The molecular formula is C24H30N2O5S. The first-order valence-electron chi connectivity index (χ1n) is 11.2. The van der Waals surface area contributed by atoms with E-state index < -0.39 is 15.8 Å². The Labute approximate surface area is 189 Å². The molecule has 4 rings (SSSR count). The van der Waals surface area contributed by atoms with E-state index in [1.54, 1.807) is 29.2 Å². The minimum absolute atomic E-state index is 0.0642. The van der Waals surface area contributed by atoms with E-state index in [1.807, 2.05) is 12.1 Å². The third kappa shape index (κ3) is 5.14. The summed E-state index contributed by atoms with van der Waals surface area (Å²) in [5.74, 6) is -0.743. The van der Waals surface area contributed by atoms with Gasteiger partial charge in [-0.2, -0.15) is 0 Å². The fourth-order valence-electron chi connectivity index (χ4n) is 4.15. The van der Waals surface area contributed by atoms with Gasteiger partial charge in [0.15, 0.2) is 5.79 Å². The molecule has 1 amide bonds. The van der Waals surface area contributed by atoms with E-state index in [-0.39, 0.29) is 10.8 Å². The molecule has 0 aliphatic carbocycles. The van der Waals surface area contributed by atoms with Gasteiger partial charge in [0.2, 0.25) is 0 Å². The van der Waals surface area contributed by atoms with Gasteiger partial charge < -0.3 is 14.4 Å². The normalized spacial score (nSPS) is 18.1. The van der Waals surface area contributed by atoms with Crippen molar-refractivity contribution in [2.75, 3.05) is 31.0 Å². The van der Waals surface area contributed by atoms with Gasteiger partial charge in [0.25, 0.3) is 15.9 Å². The third-order valence-corrected chi connectivity index (χ3v) is 7.42. The molecule has 0 radical (unpaired) electrons. The van der Waals surface area contributed by atoms with Crippen LogP contribution in [0.1, 0.15) is 48.5 Å². The lowest BCUT2D eigenvalue weighted by Crippen LogP contribution is -2.47. The fourth-order valence-corrected chi connectivity index (χ4v) is 5.25. The zero-order chi connectivity index (χ0) is 22.6. The number of nitrogens with one attached hydrogen (secondary N) is 1. The lowest BCUT2D eigenvalue weighted by atomic mass is 10.0. The lowest BCUT2D eigenvalue weighted by Gasteiger charge is -2.37. The van der Waals surface area contributed by atoms with Crippen LogP contribution in [0.5, 0.6) is 0 Å². The van der Waals surface area contributed by atoms with Crippen LogP contribution in [-0.2, 0) is 25.9 Å². The van der Waals surface area contributed by atoms with Crippen molar-refractivity contribution in [2.24, 2.45) is 0 Å². The molecule has 2 fully saturated rings. The summed E-state index contributed by atoms with van der Waals surface area (Å²) in [6, 6.07) is 13.6. The second-order valence-electron chi connectivity index (χ2n) is 8.33. The Bertz CT molecular complexity index is 1040. The molecule has 32 heavy (non-hydrogen) atoms. The van der Waals surface area contributed by atoms with Crippen molar-refractivity contribution in [3.05, 3.63) is 59.7 Å². The van der Waals surface area contributed by atoms with Crippen molar-refractivity contribution < 1.29 is 22.7 Å². The zero-order valence-electron chi connectivity index (χ0n) is 18.4. The highest BCUT2D eigenvalue weighted by atomic mass is 32.2. The summed E-state index contributed by atoms with van der Waals surface area (Å²) in [6.07, 6.45) is 4.43. The molecule has 2 heterocycles. The van der Waals surface area contributed by atoms with Gasteiger partial charge in [-0.3, -0.25) is 9.52 Å². The van der Waals surface area contributed by atoms with Crippen LogP contribution >= 0.6 is 0 Å². The molecule has 0 unspecified atom stereocenters. The number of unbranched alkanes of at least 4 members (excludes halogenated alkanes) is 1. The van der Waals surface area contributed by atoms with Gasteiger partial charge in [-0.1, -0.05) is 31.5 Å². The number of carbonyl (C=O) groups is 1. The Morgan fingerprint density at radius 2 is 1.75 bits per heavy atom. The number of likely N-dealkylation sites (tertiary alicyclic amines) is 1. The molecule has 7 nitrogen and oxygen atoms in total. The molecular weight excluding hydrogens is 428 g/mol. The second kappa shape index (κ2) is 9.60. The maximum Gasteiger partial charge on any atom is 0.261 e. The Balaban J connectivity index is 1.43. The topological polar surface area (TPSA) is 84.9 Å². The maximum atomic E-state index is 13.0. The van der Waals surface area contributed by atoms with Gasteiger partial charge in [-0.05, 0) is 48.7 Å². The van der Waals surface area contributed by atoms with Crippen molar-refractivity contribution in [1.82, 2.24) is 4.90 Å². The molecule has 2 saturated heterocycles. The van der Waals surface area contributed by atoms with Crippen molar-refractivity contribution >= 4 is 21.6 Å². The number of rotatable bonds is 7. The third-order valence-electron chi connectivity index (χ3n) is 6.04. The number of nitrogens with zero attached hydrogens (tertiary/aromatic N) is 1.